The van der Waals surface area contributed by atoms with E-state index in [-0.39, 0.29) is 0 Å². The summed E-state index contributed by atoms with van der Waals surface area (Å²) in [5.74, 6) is 0. The third kappa shape index (κ3) is 3.22. The van der Waals surface area contributed by atoms with Crippen molar-refractivity contribution in [2.75, 3.05) is 38.5 Å². The molecule has 0 bridgehead atoms. The predicted octanol–water partition coefficient (Wildman–Crippen LogP) is 2.10. The number of hydrogen-bond acceptors (Lipinski definition) is 5. The molecule has 1 fully saturated rings. The van der Waals surface area contributed by atoms with Gasteiger partial charge in [-0.25, -0.2) is 4.98 Å². The van der Waals surface area contributed by atoms with Gasteiger partial charge in [0.1, 0.15) is 0 Å². The summed E-state index contributed by atoms with van der Waals surface area (Å²) in [6.45, 7) is 10.2. The van der Waals surface area contributed by atoms with Crippen molar-refractivity contribution in [3.63, 3.8) is 0 Å². The van der Waals surface area contributed by atoms with Crippen LogP contribution in [0.25, 0.3) is 0 Å². The van der Waals surface area contributed by atoms with Gasteiger partial charge < -0.3 is 5.32 Å². The number of nitrogens with zero attached hydrogens (tertiary/aromatic N) is 3. The number of nitrogens with one attached hydrogen (secondary N) is 1. The van der Waals surface area contributed by atoms with Crippen LogP contribution >= 0.6 is 11.3 Å². The molecule has 0 saturated carbocycles. The number of aromatic nitrogens is 1. The van der Waals surface area contributed by atoms with Gasteiger partial charge in [-0.2, -0.15) is 0 Å². The van der Waals surface area contributed by atoms with E-state index in [1.807, 2.05) is 7.05 Å². The van der Waals surface area contributed by atoms with Crippen LogP contribution in [0.2, 0.25) is 0 Å². The standard InChI is InChI=1S/C13H24N4S/c1-4-17(5-2)12-6-7-16(9-12)8-11-10-18-13(14-3)15-11/h10,12H,4-9H2,1-3H3,(H,14,15)/t12-/m1/s1. The van der Waals surface area contributed by atoms with E-state index in [4.69, 9.17) is 0 Å². The Bertz CT molecular complexity index is 362. The van der Waals surface area contributed by atoms with Crippen LogP contribution in [0, 0.1) is 0 Å². The highest BCUT2D eigenvalue weighted by molar-refractivity contribution is 7.13. The molecule has 0 aliphatic carbocycles. The first kappa shape index (κ1) is 13.8. The minimum absolute atomic E-state index is 0.738. The Balaban J connectivity index is 1.85. The monoisotopic (exact) mass is 268 g/mol. The highest BCUT2D eigenvalue weighted by atomic mass is 32.1. The lowest BCUT2D eigenvalue weighted by Crippen LogP contribution is -2.37. The molecule has 5 heteroatoms. The fourth-order valence-corrected chi connectivity index (χ4v) is 3.38. The van der Waals surface area contributed by atoms with E-state index < -0.39 is 0 Å². The van der Waals surface area contributed by atoms with Crippen LogP contribution < -0.4 is 5.32 Å². The summed E-state index contributed by atoms with van der Waals surface area (Å²) in [6, 6.07) is 0.738. The Morgan fingerprint density at radius 1 is 1.50 bits per heavy atom. The molecule has 18 heavy (non-hydrogen) atoms. The van der Waals surface area contributed by atoms with Crippen LogP contribution in [-0.2, 0) is 6.54 Å². The van der Waals surface area contributed by atoms with E-state index in [1.165, 1.54) is 25.2 Å². The maximum absolute atomic E-state index is 4.55. The normalized spacial score (nSPS) is 20.8. The quantitative estimate of drug-likeness (QED) is 0.856. The topological polar surface area (TPSA) is 31.4 Å². The minimum atomic E-state index is 0.738. The van der Waals surface area contributed by atoms with Crippen molar-refractivity contribution in [3.05, 3.63) is 11.1 Å². The van der Waals surface area contributed by atoms with E-state index in [0.29, 0.717) is 0 Å². The Morgan fingerprint density at radius 2 is 2.28 bits per heavy atom. The second kappa shape index (κ2) is 6.50. The second-order valence-electron chi connectivity index (χ2n) is 4.79. The highest BCUT2D eigenvalue weighted by Crippen LogP contribution is 2.20. The molecule has 1 saturated heterocycles. The lowest BCUT2D eigenvalue weighted by molar-refractivity contribution is 0.208. The summed E-state index contributed by atoms with van der Waals surface area (Å²) >= 11 is 1.69. The van der Waals surface area contributed by atoms with Gasteiger partial charge in [-0.05, 0) is 19.5 Å². The summed E-state index contributed by atoms with van der Waals surface area (Å²) in [6.07, 6.45) is 1.30. The molecule has 0 radical (unpaired) electrons. The Morgan fingerprint density at radius 3 is 2.89 bits per heavy atom. The molecule has 0 spiro atoms. The first-order valence-electron chi connectivity index (χ1n) is 6.85. The smallest absolute Gasteiger partial charge is 0.182 e. The van der Waals surface area contributed by atoms with Gasteiger partial charge in [0, 0.05) is 38.1 Å². The highest BCUT2D eigenvalue weighted by Gasteiger charge is 2.26. The zero-order chi connectivity index (χ0) is 13.0. The molecule has 1 aromatic rings. The molecule has 0 aromatic carbocycles. The number of thiazole rings is 1. The zero-order valence-corrected chi connectivity index (χ0v) is 12.5. The average molecular weight is 268 g/mol. The van der Waals surface area contributed by atoms with Gasteiger partial charge in [0.05, 0.1) is 5.69 Å². The largest absolute Gasteiger partial charge is 0.365 e. The molecular formula is C13H24N4S. The fraction of sp³-hybridized carbons (Fsp3) is 0.769. The van der Waals surface area contributed by atoms with E-state index in [2.05, 4.69) is 39.3 Å². The lowest BCUT2D eigenvalue weighted by Gasteiger charge is -2.26. The van der Waals surface area contributed by atoms with Crippen LogP contribution in [0.15, 0.2) is 5.38 Å². The third-order valence-electron chi connectivity index (χ3n) is 3.73. The average Bonchev–Trinajstić information content (AvgIpc) is 3.01. The van der Waals surface area contributed by atoms with Crippen LogP contribution in [0.1, 0.15) is 26.0 Å². The van der Waals surface area contributed by atoms with E-state index in [1.54, 1.807) is 11.3 Å². The van der Waals surface area contributed by atoms with Crippen molar-refractivity contribution in [2.24, 2.45) is 0 Å². The van der Waals surface area contributed by atoms with Gasteiger partial charge >= 0.3 is 0 Å². The SMILES string of the molecule is CCN(CC)[C@@H]1CCN(Cc2csc(NC)n2)C1. The molecule has 1 aliphatic heterocycles. The van der Waals surface area contributed by atoms with Crippen molar-refractivity contribution in [2.45, 2.75) is 32.9 Å². The molecule has 102 valence electrons. The number of anilines is 1. The van der Waals surface area contributed by atoms with Crippen LogP contribution in [0.5, 0.6) is 0 Å². The van der Waals surface area contributed by atoms with Gasteiger partial charge in [0.15, 0.2) is 5.13 Å². The van der Waals surface area contributed by atoms with E-state index in [0.717, 1.165) is 30.8 Å². The lowest BCUT2D eigenvalue weighted by atomic mass is 10.2. The van der Waals surface area contributed by atoms with Gasteiger partial charge in [-0.15, -0.1) is 11.3 Å². The number of hydrogen-bond donors (Lipinski definition) is 1. The molecular weight excluding hydrogens is 244 g/mol. The maximum Gasteiger partial charge on any atom is 0.182 e. The molecule has 1 aliphatic rings. The van der Waals surface area contributed by atoms with Gasteiger partial charge in [-0.3, -0.25) is 9.80 Å². The van der Waals surface area contributed by atoms with Crippen molar-refractivity contribution in [3.8, 4) is 0 Å². The van der Waals surface area contributed by atoms with Crippen molar-refractivity contribution in [1.29, 1.82) is 0 Å². The summed E-state index contributed by atoms with van der Waals surface area (Å²) in [7, 11) is 1.93. The first-order chi connectivity index (χ1) is 8.76. The third-order valence-corrected chi connectivity index (χ3v) is 4.64. The fourth-order valence-electron chi connectivity index (χ4n) is 2.72. The molecule has 2 rings (SSSR count). The van der Waals surface area contributed by atoms with Crippen molar-refractivity contribution >= 4 is 16.5 Å². The molecule has 0 amide bonds. The number of rotatable bonds is 6. The van der Waals surface area contributed by atoms with Gasteiger partial charge in [0.2, 0.25) is 0 Å². The molecule has 0 unspecified atom stereocenters. The zero-order valence-electron chi connectivity index (χ0n) is 11.6. The van der Waals surface area contributed by atoms with Crippen molar-refractivity contribution < 1.29 is 0 Å². The maximum atomic E-state index is 4.55. The number of likely N-dealkylation sites (N-methyl/N-ethyl adjacent to an activating group) is 1. The van der Waals surface area contributed by atoms with Crippen molar-refractivity contribution in [1.82, 2.24) is 14.8 Å². The molecule has 1 aromatic heterocycles. The predicted molar refractivity (Wildman–Crippen MR) is 78.3 cm³/mol. The van der Waals surface area contributed by atoms with Crippen LogP contribution in [0.3, 0.4) is 0 Å². The van der Waals surface area contributed by atoms with E-state index >= 15 is 0 Å². The number of likely N-dealkylation sites (tertiary alicyclic amines) is 1. The van der Waals surface area contributed by atoms with Crippen LogP contribution in [0.4, 0.5) is 5.13 Å². The summed E-state index contributed by atoms with van der Waals surface area (Å²) < 4.78 is 0. The van der Waals surface area contributed by atoms with Crippen LogP contribution in [-0.4, -0.2) is 54.1 Å². The van der Waals surface area contributed by atoms with Gasteiger partial charge in [0.25, 0.3) is 0 Å². The Hall–Kier alpha value is -0.650. The van der Waals surface area contributed by atoms with Gasteiger partial charge in [-0.1, -0.05) is 13.8 Å². The summed E-state index contributed by atoms with van der Waals surface area (Å²) in [5, 5.41) is 6.28. The second-order valence-corrected chi connectivity index (χ2v) is 5.65. The summed E-state index contributed by atoms with van der Waals surface area (Å²) in [5.41, 5.74) is 1.20. The van der Waals surface area contributed by atoms with E-state index in [9.17, 15) is 0 Å². The molecule has 2 heterocycles. The Labute approximate surface area is 114 Å². The molecule has 1 atom stereocenters. The first-order valence-corrected chi connectivity index (χ1v) is 7.73. The summed E-state index contributed by atoms with van der Waals surface area (Å²) in [4.78, 5) is 9.65. The molecule has 4 nitrogen and oxygen atoms in total. The Kier molecular flexibility index (Phi) is 4.97. The molecule has 1 N–H and O–H groups in total. The minimum Gasteiger partial charge on any atom is -0.365 e.